The molecule has 1 rings (SSSR count). The number of halogens is 2. The molecule has 14 heavy (non-hydrogen) atoms. The lowest BCUT2D eigenvalue weighted by molar-refractivity contribution is -0.122. The summed E-state index contributed by atoms with van der Waals surface area (Å²) in [6.45, 7) is 4.07. The Labute approximate surface area is 99.3 Å². The number of rotatable bonds is 3. The van der Waals surface area contributed by atoms with Crippen molar-refractivity contribution in [2.45, 2.75) is 26.4 Å². The van der Waals surface area contributed by atoms with E-state index in [1.807, 2.05) is 13.8 Å². The standard InChI is InChI=1S/C8H11Br2N3O/c1-5(2)11-8(14)4-13-7(10)3-6(9)12-13/h3,5H,4H2,1-2H3,(H,11,14). The Morgan fingerprint density at radius 3 is 2.71 bits per heavy atom. The highest BCUT2D eigenvalue weighted by atomic mass is 79.9. The minimum atomic E-state index is -0.0451. The molecular formula is C8H11Br2N3O. The smallest absolute Gasteiger partial charge is 0.241 e. The van der Waals surface area contributed by atoms with Gasteiger partial charge in [-0.1, -0.05) is 0 Å². The fraction of sp³-hybridized carbons (Fsp3) is 0.500. The number of hydrogen-bond acceptors (Lipinski definition) is 2. The predicted octanol–water partition coefficient (Wildman–Crippen LogP) is 1.93. The van der Waals surface area contributed by atoms with Crippen LogP contribution in [0, 0.1) is 0 Å². The molecule has 0 aliphatic rings. The van der Waals surface area contributed by atoms with Crippen LogP contribution in [0.2, 0.25) is 0 Å². The normalized spacial score (nSPS) is 10.6. The summed E-state index contributed by atoms with van der Waals surface area (Å²) in [5.74, 6) is -0.0451. The zero-order valence-corrected chi connectivity index (χ0v) is 11.1. The van der Waals surface area contributed by atoms with E-state index in [0.717, 1.165) is 4.60 Å². The van der Waals surface area contributed by atoms with Gasteiger partial charge in [0.15, 0.2) is 0 Å². The van der Waals surface area contributed by atoms with Crippen LogP contribution < -0.4 is 5.32 Å². The van der Waals surface area contributed by atoms with Gasteiger partial charge in [0.25, 0.3) is 0 Å². The Morgan fingerprint density at radius 1 is 1.64 bits per heavy atom. The summed E-state index contributed by atoms with van der Waals surface area (Å²) >= 11 is 6.53. The Hall–Kier alpha value is -0.360. The largest absolute Gasteiger partial charge is 0.352 e. The number of nitrogens with one attached hydrogen (secondary N) is 1. The second kappa shape index (κ2) is 4.93. The molecule has 0 fully saturated rings. The van der Waals surface area contributed by atoms with Crippen LogP contribution in [0.25, 0.3) is 0 Å². The van der Waals surface area contributed by atoms with Crippen LogP contribution in [-0.2, 0) is 11.3 Å². The van der Waals surface area contributed by atoms with Gasteiger partial charge in [-0.2, -0.15) is 5.10 Å². The van der Waals surface area contributed by atoms with E-state index < -0.39 is 0 Å². The fourth-order valence-corrected chi connectivity index (χ4v) is 2.12. The third kappa shape index (κ3) is 3.42. The molecular weight excluding hydrogens is 314 g/mol. The highest BCUT2D eigenvalue weighted by molar-refractivity contribution is 9.11. The summed E-state index contributed by atoms with van der Waals surface area (Å²) in [5.41, 5.74) is 0. The SMILES string of the molecule is CC(C)NC(=O)Cn1nc(Br)cc1Br. The van der Waals surface area contributed by atoms with Gasteiger partial charge in [0.2, 0.25) is 5.91 Å². The van der Waals surface area contributed by atoms with Gasteiger partial charge in [0.1, 0.15) is 15.8 Å². The van der Waals surface area contributed by atoms with E-state index in [2.05, 4.69) is 42.3 Å². The highest BCUT2D eigenvalue weighted by Gasteiger charge is 2.08. The summed E-state index contributed by atoms with van der Waals surface area (Å²) in [5, 5.41) is 6.87. The van der Waals surface area contributed by atoms with Gasteiger partial charge < -0.3 is 5.32 Å². The number of amides is 1. The van der Waals surface area contributed by atoms with Crippen molar-refractivity contribution in [3.63, 3.8) is 0 Å². The predicted molar refractivity (Wildman–Crippen MR) is 60.9 cm³/mol. The maximum atomic E-state index is 11.4. The van der Waals surface area contributed by atoms with Gasteiger partial charge in [0, 0.05) is 12.1 Å². The Bertz CT molecular complexity index is 335. The van der Waals surface area contributed by atoms with Crippen molar-refractivity contribution < 1.29 is 4.79 Å². The molecule has 0 atom stereocenters. The van der Waals surface area contributed by atoms with Crippen LogP contribution in [0.4, 0.5) is 0 Å². The van der Waals surface area contributed by atoms with E-state index >= 15 is 0 Å². The van der Waals surface area contributed by atoms with Crippen molar-refractivity contribution in [1.82, 2.24) is 15.1 Å². The summed E-state index contributed by atoms with van der Waals surface area (Å²) in [4.78, 5) is 11.4. The Kier molecular flexibility index (Phi) is 4.12. The molecule has 0 aromatic carbocycles. The molecule has 0 spiro atoms. The second-order valence-corrected chi connectivity index (χ2v) is 4.79. The van der Waals surface area contributed by atoms with Crippen LogP contribution in [-0.4, -0.2) is 21.7 Å². The molecule has 1 heterocycles. The first kappa shape index (κ1) is 11.7. The van der Waals surface area contributed by atoms with Crippen molar-refractivity contribution in [1.29, 1.82) is 0 Å². The average Bonchev–Trinajstić information content (AvgIpc) is 2.28. The van der Waals surface area contributed by atoms with E-state index in [4.69, 9.17) is 0 Å². The number of nitrogens with zero attached hydrogens (tertiary/aromatic N) is 2. The first-order valence-corrected chi connectivity index (χ1v) is 5.76. The second-order valence-electron chi connectivity index (χ2n) is 3.17. The maximum Gasteiger partial charge on any atom is 0.241 e. The van der Waals surface area contributed by atoms with E-state index in [1.165, 1.54) is 0 Å². The monoisotopic (exact) mass is 323 g/mol. The summed E-state index contributed by atoms with van der Waals surface area (Å²) in [7, 11) is 0. The zero-order valence-electron chi connectivity index (χ0n) is 7.92. The lowest BCUT2D eigenvalue weighted by Gasteiger charge is -2.08. The number of aromatic nitrogens is 2. The first-order chi connectivity index (χ1) is 6.49. The van der Waals surface area contributed by atoms with Crippen molar-refractivity contribution in [3.8, 4) is 0 Å². The van der Waals surface area contributed by atoms with Gasteiger partial charge >= 0.3 is 0 Å². The van der Waals surface area contributed by atoms with Crippen molar-refractivity contribution in [3.05, 3.63) is 15.3 Å². The molecule has 0 bridgehead atoms. The quantitative estimate of drug-likeness (QED) is 0.923. The number of carbonyl (C=O) groups excluding carboxylic acids is 1. The summed E-state index contributed by atoms with van der Waals surface area (Å²) in [6, 6.07) is 1.95. The molecule has 0 aliphatic heterocycles. The van der Waals surface area contributed by atoms with E-state index in [0.29, 0.717) is 4.60 Å². The van der Waals surface area contributed by atoms with E-state index in [1.54, 1.807) is 10.7 Å². The molecule has 78 valence electrons. The zero-order chi connectivity index (χ0) is 10.7. The molecule has 6 heteroatoms. The van der Waals surface area contributed by atoms with E-state index in [-0.39, 0.29) is 18.5 Å². The molecule has 4 nitrogen and oxygen atoms in total. The average molecular weight is 325 g/mol. The van der Waals surface area contributed by atoms with Crippen LogP contribution in [0.1, 0.15) is 13.8 Å². The fourth-order valence-electron chi connectivity index (χ4n) is 0.979. The molecule has 0 unspecified atom stereocenters. The number of carbonyl (C=O) groups is 1. The summed E-state index contributed by atoms with van der Waals surface area (Å²) in [6.07, 6.45) is 0. The van der Waals surface area contributed by atoms with E-state index in [9.17, 15) is 4.79 Å². The molecule has 1 aromatic heterocycles. The molecule has 0 radical (unpaired) electrons. The van der Waals surface area contributed by atoms with Gasteiger partial charge in [-0.15, -0.1) is 0 Å². The van der Waals surface area contributed by atoms with Crippen LogP contribution in [0.3, 0.4) is 0 Å². The lowest BCUT2D eigenvalue weighted by atomic mass is 10.4. The molecule has 0 aliphatic carbocycles. The Balaban J connectivity index is 2.60. The van der Waals surface area contributed by atoms with Crippen molar-refractivity contribution >= 4 is 37.8 Å². The molecule has 1 N–H and O–H groups in total. The Morgan fingerprint density at radius 2 is 2.29 bits per heavy atom. The van der Waals surface area contributed by atoms with Crippen LogP contribution >= 0.6 is 31.9 Å². The third-order valence-corrected chi connectivity index (χ3v) is 2.47. The number of hydrogen-bond donors (Lipinski definition) is 1. The minimum Gasteiger partial charge on any atom is -0.352 e. The molecule has 0 saturated carbocycles. The van der Waals surface area contributed by atoms with Gasteiger partial charge in [-0.05, 0) is 45.7 Å². The maximum absolute atomic E-state index is 11.4. The summed E-state index contributed by atoms with van der Waals surface area (Å²) < 4.78 is 3.08. The lowest BCUT2D eigenvalue weighted by Crippen LogP contribution is -2.33. The molecule has 1 aromatic rings. The van der Waals surface area contributed by atoms with Gasteiger partial charge in [-0.25, -0.2) is 4.68 Å². The third-order valence-electron chi connectivity index (χ3n) is 1.44. The van der Waals surface area contributed by atoms with Crippen LogP contribution in [0.15, 0.2) is 15.3 Å². The molecule has 1 amide bonds. The topological polar surface area (TPSA) is 46.9 Å². The highest BCUT2D eigenvalue weighted by Crippen LogP contribution is 2.15. The first-order valence-electron chi connectivity index (χ1n) is 4.17. The van der Waals surface area contributed by atoms with Gasteiger partial charge in [0.05, 0.1) is 0 Å². The molecule has 0 saturated heterocycles. The van der Waals surface area contributed by atoms with Gasteiger partial charge in [-0.3, -0.25) is 4.79 Å². The van der Waals surface area contributed by atoms with Crippen molar-refractivity contribution in [2.24, 2.45) is 0 Å². The van der Waals surface area contributed by atoms with Crippen molar-refractivity contribution in [2.75, 3.05) is 0 Å². The van der Waals surface area contributed by atoms with Crippen LogP contribution in [0.5, 0.6) is 0 Å². The minimum absolute atomic E-state index is 0.0451.